The molecular formula is C11H13FN4O. The van der Waals surface area contributed by atoms with Gasteiger partial charge in [0.2, 0.25) is 11.7 Å². The first-order valence-electron chi connectivity index (χ1n) is 5.39. The SMILES string of the molecule is CCNC(C)c1nc(-c2ccc(F)cn2)no1. The summed E-state index contributed by atoms with van der Waals surface area (Å²) < 4.78 is 17.8. The molecule has 0 aliphatic rings. The second kappa shape index (κ2) is 5.01. The molecule has 0 saturated heterocycles. The summed E-state index contributed by atoms with van der Waals surface area (Å²) in [6.45, 7) is 4.74. The zero-order valence-corrected chi connectivity index (χ0v) is 9.64. The molecule has 2 aromatic heterocycles. The second-order valence-corrected chi connectivity index (χ2v) is 3.60. The molecule has 0 aromatic carbocycles. The predicted molar refractivity (Wildman–Crippen MR) is 59.6 cm³/mol. The van der Waals surface area contributed by atoms with Gasteiger partial charge in [-0.15, -0.1) is 0 Å². The first kappa shape index (κ1) is 11.7. The van der Waals surface area contributed by atoms with Crippen molar-refractivity contribution in [3.05, 3.63) is 30.0 Å². The molecule has 0 bridgehead atoms. The van der Waals surface area contributed by atoms with Crippen LogP contribution >= 0.6 is 0 Å². The molecule has 2 rings (SSSR count). The Balaban J connectivity index is 2.20. The minimum absolute atomic E-state index is 0.0123. The van der Waals surface area contributed by atoms with E-state index >= 15 is 0 Å². The lowest BCUT2D eigenvalue weighted by Crippen LogP contribution is -2.17. The van der Waals surface area contributed by atoms with Gasteiger partial charge in [-0.3, -0.25) is 0 Å². The van der Waals surface area contributed by atoms with Gasteiger partial charge in [0.1, 0.15) is 11.5 Å². The Morgan fingerprint density at radius 2 is 2.29 bits per heavy atom. The molecule has 0 aliphatic carbocycles. The van der Waals surface area contributed by atoms with Crippen molar-refractivity contribution in [2.45, 2.75) is 19.9 Å². The van der Waals surface area contributed by atoms with Gasteiger partial charge in [0.25, 0.3) is 0 Å². The predicted octanol–water partition coefficient (Wildman–Crippen LogP) is 1.94. The molecule has 1 N–H and O–H groups in total. The zero-order chi connectivity index (χ0) is 12.3. The normalized spacial score (nSPS) is 12.6. The number of nitrogens with zero attached hydrogens (tertiary/aromatic N) is 3. The third kappa shape index (κ3) is 2.65. The van der Waals surface area contributed by atoms with E-state index in [-0.39, 0.29) is 6.04 Å². The highest BCUT2D eigenvalue weighted by Gasteiger charge is 2.14. The van der Waals surface area contributed by atoms with Crippen molar-refractivity contribution in [1.82, 2.24) is 20.4 Å². The van der Waals surface area contributed by atoms with Crippen LogP contribution in [0.2, 0.25) is 0 Å². The number of nitrogens with one attached hydrogen (secondary N) is 1. The summed E-state index contributed by atoms with van der Waals surface area (Å²) in [6.07, 6.45) is 1.12. The Kier molecular flexibility index (Phi) is 3.43. The molecule has 0 aliphatic heterocycles. The van der Waals surface area contributed by atoms with Gasteiger partial charge in [-0.1, -0.05) is 12.1 Å². The van der Waals surface area contributed by atoms with Crippen LogP contribution in [-0.2, 0) is 0 Å². The van der Waals surface area contributed by atoms with Gasteiger partial charge in [-0.05, 0) is 25.6 Å². The van der Waals surface area contributed by atoms with Crippen molar-refractivity contribution in [3.63, 3.8) is 0 Å². The molecule has 17 heavy (non-hydrogen) atoms. The van der Waals surface area contributed by atoms with E-state index in [4.69, 9.17) is 4.52 Å². The van der Waals surface area contributed by atoms with Crippen LogP contribution in [-0.4, -0.2) is 21.7 Å². The largest absolute Gasteiger partial charge is 0.337 e. The molecule has 0 radical (unpaired) electrons. The van der Waals surface area contributed by atoms with Crippen LogP contribution in [0.3, 0.4) is 0 Å². The molecule has 0 amide bonds. The Morgan fingerprint density at radius 3 is 2.94 bits per heavy atom. The van der Waals surface area contributed by atoms with E-state index in [0.717, 1.165) is 12.7 Å². The lowest BCUT2D eigenvalue weighted by Gasteiger charge is -2.04. The molecule has 0 saturated carbocycles. The Hall–Kier alpha value is -1.82. The minimum Gasteiger partial charge on any atom is -0.337 e. The maximum atomic E-state index is 12.7. The van der Waals surface area contributed by atoms with Gasteiger partial charge in [-0.25, -0.2) is 9.37 Å². The Bertz CT molecular complexity index is 482. The third-order valence-electron chi connectivity index (χ3n) is 2.28. The van der Waals surface area contributed by atoms with Crippen LogP contribution in [0.5, 0.6) is 0 Å². The fourth-order valence-electron chi connectivity index (χ4n) is 1.42. The maximum Gasteiger partial charge on any atom is 0.243 e. The van der Waals surface area contributed by atoms with Crippen molar-refractivity contribution in [1.29, 1.82) is 0 Å². The summed E-state index contributed by atoms with van der Waals surface area (Å²) in [6, 6.07) is 2.82. The maximum absolute atomic E-state index is 12.7. The standard InChI is InChI=1S/C11H13FN4O/c1-3-13-7(2)11-15-10(16-17-11)9-5-4-8(12)6-14-9/h4-7,13H,3H2,1-2H3. The van der Waals surface area contributed by atoms with Gasteiger partial charge in [0.05, 0.1) is 12.2 Å². The summed E-state index contributed by atoms with van der Waals surface area (Å²) in [5.41, 5.74) is 0.491. The van der Waals surface area contributed by atoms with Crippen LogP contribution in [0, 0.1) is 5.82 Å². The molecule has 2 aromatic rings. The highest BCUT2D eigenvalue weighted by atomic mass is 19.1. The fourth-order valence-corrected chi connectivity index (χ4v) is 1.42. The number of halogens is 1. The number of hydrogen-bond acceptors (Lipinski definition) is 5. The average molecular weight is 236 g/mol. The van der Waals surface area contributed by atoms with Crippen molar-refractivity contribution < 1.29 is 8.91 Å². The number of hydrogen-bond donors (Lipinski definition) is 1. The molecule has 2 heterocycles. The van der Waals surface area contributed by atoms with Crippen LogP contribution in [0.4, 0.5) is 4.39 Å². The van der Waals surface area contributed by atoms with Crippen molar-refractivity contribution in [2.24, 2.45) is 0 Å². The first-order chi connectivity index (χ1) is 8.20. The molecule has 1 atom stereocenters. The van der Waals surface area contributed by atoms with Gasteiger partial charge in [0, 0.05) is 0 Å². The summed E-state index contributed by atoms with van der Waals surface area (Å²) in [5, 5.41) is 6.97. The number of aromatic nitrogens is 3. The van der Waals surface area contributed by atoms with Gasteiger partial charge in [-0.2, -0.15) is 4.98 Å². The highest BCUT2D eigenvalue weighted by molar-refractivity contribution is 5.47. The van der Waals surface area contributed by atoms with Crippen LogP contribution in [0.1, 0.15) is 25.8 Å². The lowest BCUT2D eigenvalue weighted by molar-refractivity contribution is 0.342. The molecule has 5 nitrogen and oxygen atoms in total. The first-order valence-corrected chi connectivity index (χ1v) is 5.39. The fraction of sp³-hybridized carbons (Fsp3) is 0.364. The van der Waals surface area contributed by atoms with Crippen molar-refractivity contribution >= 4 is 0 Å². The van der Waals surface area contributed by atoms with Crippen molar-refractivity contribution in [3.8, 4) is 11.5 Å². The summed E-state index contributed by atoms with van der Waals surface area (Å²) in [4.78, 5) is 8.09. The van der Waals surface area contributed by atoms with E-state index < -0.39 is 5.82 Å². The van der Waals surface area contributed by atoms with Gasteiger partial charge < -0.3 is 9.84 Å². The van der Waals surface area contributed by atoms with Crippen LogP contribution < -0.4 is 5.32 Å². The molecule has 90 valence electrons. The summed E-state index contributed by atoms with van der Waals surface area (Å²) in [5.74, 6) is 0.469. The van der Waals surface area contributed by atoms with E-state index in [1.165, 1.54) is 12.1 Å². The Labute approximate surface area is 98.1 Å². The molecule has 6 heteroatoms. The monoisotopic (exact) mass is 236 g/mol. The molecule has 0 spiro atoms. The molecule has 1 unspecified atom stereocenters. The average Bonchev–Trinajstić information content (AvgIpc) is 2.80. The quantitative estimate of drug-likeness (QED) is 0.878. The van der Waals surface area contributed by atoms with Crippen LogP contribution in [0.25, 0.3) is 11.5 Å². The Morgan fingerprint density at radius 1 is 1.47 bits per heavy atom. The number of rotatable bonds is 4. The lowest BCUT2D eigenvalue weighted by atomic mass is 10.3. The highest BCUT2D eigenvalue weighted by Crippen LogP contribution is 2.16. The van der Waals surface area contributed by atoms with E-state index in [0.29, 0.717) is 17.4 Å². The van der Waals surface area contributed by atoms with E-state index in [1.807, 2.05) is 13.8 Å². The zero-order valence-electron chi connectivity index (χ0n) is 9.64. The smallest absolute Gasteiger partial charge is 0.243 e. The third-order valence-corrected chi connectivity index (χ3v) is 2.28. The summed E-state index contributed by atoms with van der Waals surface area (Å²) in [7, 11) is 0. The van der Waals surface area contributed by atoms with Crippen LogP contribution in [0.15, 0.2) is 22.9 Å². The van der Waals surface area contributed by atoms with Gasteiger partial charge in [0.15, 0.2) is 0 Å². The van der Waals surface area contributed by atoms with Gasteiger partial charge >= 0.3 is 0 Å². The minimum atomic E-state index is -0.390. The van der Waals surface area contributed by atoms with E-state index in [9.17, 15) is 4.39 Å². The molecule has 0 fully saturated rings. The van der Waals surface area contributed by atoms with Crippen molar-refractivity contribution in [2.75, 3.05) is 6.54 Å². The molecular weight excluding hydrogens is 223 g/mol. The van der Waals surface area contributed by atoms with E-state index in [1.54, 1.807) is 0 Å². The number of pyridine rings is 1. The second-order valence-electron chi connectivity index (χ2n) is 3.60. The van der Waals surface area contributed by atoms with E-state index in [2.05, 4.69) is 20.4 Å². The topological polar surface area (TPSA) is 63.8 Å². The summed E-state index contributed by atoms with van der Waals surface area (Å²) >= 11 is 0.